The normalized spacial score (nSPS) is 12.0. The highest BCUT2D eigenvalue weighted by atomic mass is 32.2. The average Bonchev–Trinajstić information content (AvgIpc) is 2.45. The van der Waals surface area contributed by atoms with Gasteiger partial charge < -0.3 is 5.32 Å². The number of anilines is 1. The van der Waals surface area contributed by atoms with E-state index in [1.807, 2.05) is 0 Å². The van der Waals surface area contributed by atoms with Crippen molar-refractivity contribution < 1.29 is 17.8 Å². The minimum Gasteiger partial charge on any atom is -0.326 e. The number of amides is 1. The molecule has 1 N–H and O–H groups in total. The number of carbonyl (C=O) groups is 1. The van der Waals surface area contributed by atoms with Gasteiger partial charge in [0.25, 0.3) is 0 Å². The molecule has 1 unspecified atom stereocenters. The summed E-state index contributed by atoms with van der Waals surface area (Å²) in [7, 11) is -1.42. The van der Waals surface area contributed by atoms with Crippen LogP contribution in [0.5, 0.6) is 0 Å². The molecule has 2 aromatic carbocycles. The van der Waals surface area contributed by atoms with Crippen LogP contribution in [0, 0.1) is 11.6 Å². The Balaban J connectivity index is 1.95. The third-order valence-corrected chi connectivity index (χ3v) is 4.01. The van der Waals surface area contributed by atoms with E-state index in [2.05, 4.69) is 5.32 Å². The molecule has 0 saturated carbocycles. The monoisotopic (exact) mass is 323 g/mol. The summed E-state index contributed by atoms with van der Waals surface area (Å²) in [5.41, 5.74) is 1.02. The number of benzene rings is 2. The first-order valence-electron chi connectivity index (χ1n) is 6.63. The standard InChI is InChI=1S/C16H15F2NO2S/c1-22(21)15-7-6-13(10-14(15)18)19-16(20)8-5-11-3-2-4-12(17)9-11/h2-4,6-7,9-10H,5,8H2,1H3,(H,19,20). The van der Waals surface area contributed by atoms with Gasteiger partial charge in [0.15, 0.2) is 0 Å². The zero-order valence-corrected chi connectivity index (χ0v) is 12.8. The van der Waals surface area contributed by atoms with Crippen molar-refractivity contribution in [3.63, 3.8) is 0 Å². The summed E-state index contributed by atoms with van der Waals surface area (Å²) in [5, 5.41) is 2.56. The Hall–Kier alpha value is -2.08. The summed E-state index contributed by atoms with van der Waals surface area (Å²) < 4.78 is 37.9. The fourth-order valence-corrected chi connectivity index (χ4v) is 2.58. The Bertz CT molecular complexity index is 719. The third kappa shape index (κ3) is 4.46. The zero-order valence-electron chi connectivity index (χ0n) is 11.9. The van der Waals surface area contributed by atoms with Crippen LogP contribution in [0.1, 0.15) is 12.0 Å². The number of halogens is 2. The van der Waals surface area contributed by atoms with Gasteiger partial charge in [0, 0.05) is 18.4 Å². The Morgan fingerprint density at radius 1 is 1.18 bits per heavy atom. The Labute approximate surface area is 129 Å². The van der Waals surface area contributed by atoms with Crippen molar-refractivity contribution in [3.05, 3.63) is 59.7 Å². The van der Waals surface area contributed by atoms with Crippen LogP contribution < -0.4 is 5.32 Å². The number of aryl methyl sites for hydroxylation is 1. The number of hydrogen-bond donors (Lipinski definition) is 1. The Kier molecular flexibility index (Phi) is 5.38. The van der Waals surface area contributed by atoms with Crippen molar-refractivity contribution in [1.82, 2.24) is 0 Å². The maximum absolute atomic E-state index is 13.7. The van der Waals surface area contributed by atoms with Crippen LogP contribution >= 0.6 is 0 Å². The second kappa shape index (κ2) is 7.26. The number of rotatable bonds is 5. The predicted octanol–water partition coefficient (Wildman–Crippen LogP) is 3.27. The number of hydrogen-bond acceptors (Lipinski definition) is 2. The first-order valence-corrected chi connectivity index (χ1v) is 8.19. The molecule has 0 aromatic heterocycles. The van der Waals surface area contributed by atoms with Gasteiger partial charge in [-0.15, -0.1) is 0 Å². The Morgan fingerprint density at radius 2 is 1.95 bits per heavy atom. The first kappa shape index (κ1) is 16.3. The van der Waals surface area contributed by atoms with E-state index in [9.17, 15) is 17.8 Å². The highest BCUT2D eigenvalue weighted by Crippen LogP contribution is 2.17. The van der Waals surface area contributed by atoms with E-state index in [1.165, 1.54) is 30.5 Å². The molecule has 0 spiro atoms. The van der Waals surface area contributed by atoms with Gasteiger partial charge in [0.05, 0.1) is 15.7 Å². The van der Waals surface area contributed by atoms with Crippen molar-refractivity contribution in [1.29, 1.82) is 0 Å². The van der Waals surface area contributed by atoms with Crippen LogP contribution in [0.25, 0.3) is 0 Å². The predicted molar refractivity (Wildman–Crippen MR) is 82.1 cm³/mol. The second-order valence-corrected chi connectivity index (χ2v) is 6.13. The van der Waals surface area contributed by atoms with E-state index >= 15 is 0 Å². The van der Waals surface area contributed by atoms with Crippen LogP contribution in [0.2, 0.25) is 0 Å². The molecule has 0 heterocycles. The molecule has 0 radical (unpaired) electrons. The molecule has 2 rings (SSSR count). The maximum Gasteiger partial charge on any atom is 0.224 e. The van der Waals surface area contributed by atoms with Crippen LogP contribution in [-0.2, 0) is 22.0 Å². The second-order valence-electron chi connectivity index (χ2n) is 4.78. The van der Waals surface area contributed by atoms with Gasteiger partial charge in [-0.3, -0.25) is 9.00 Å². The van der Waals surface area contributed by atoms with Gasteiger partial charge in [-0.05, 0) is 42.3 Å². The summed E-state index contributed by atoms with van der Waals surface area (Å²) >= 11 is 0. The lowest BCUT2D eigenvalue weighted by Crippen LogP contribution is -2.12. The molecule has 0 aliphatic carbocycles. The lowest BCUT2D eigenvalue weighted by atomic mass is 10.1. The van der Waals surface area contributed by atoms with E-state index in [1.54, 1.807) is 12.1 Å². The third-order valence-electron chi connectivity index (χ3n) is 3.06. The van der Waals surface area contributed by atoms with Crippen molar-refractivity contribution >= 4 is 22.4 Å². The molecule has 2 aromatic rings. The quantitative estimate of drug-likeness (QED) is 0.918. The summed E-state index contributed by atoms with van der Waals surface area (Å²) in [6.07, 6.45) is 1.94. The fourth-order valence-electron chi connectivity index (χ4n) is 1.99. The molecule has 116 valence electrons. The summed E-state index contributed by atoms with van der Waals surface area (Å²) in [6.45, 7) is 0. The Morgan fingerprint density at radius 3 is 2.59 bits per heavy atom. The van der Waals surface area contributed by atoms with Gasteiger partial charge in [0.1, 0.15) is 11.6 Å². The average molecular weight is 323 g/mol. The summed E-state index contributed by atoms with van der Waals surface area (Å²) in [6, 6.07) is 10.1. The van der Waals surface area contributed by atoms with Gasteiger partial charge in [-0.2, -0.15) is 0 Å². The topological polar surface area (TPSA) is 46.2 Å². The van der Waals surface area contributed by atoms with Gasteiger partial charge in [-0.1, -0.05) is 12.1 Å². The van der Waals surface area contributed by atoms with Crippen molar-refractivity contribution in [3.8, 4) is 0 Å². The summed E-state index contributed by atoms with van der Waals surface area (Å²) in [4.78, 5) is 11.9. The van der Waals surface area contributed by atoms with Crippen molar-refractivity contribution in [2.75, 3.05) is 11.6 Å². The van der Waals surface area contributed by atoms with Crippen LogP contribution in [0.15, 0.2) is 47.4 Å². The molecule has 0 bridgehead atoms. The zero-order chi connectivity index (χ0) is 16.1. The molecule has 22 heavy (non-hydrogen) atoms. The number of nitrogens with one attached hydrogen (secondary N) is 1. The fraction of sp³-hybridized carbons (Fsp3) is 0.188. The highest BCUT2D eigenvalue weighted by Gasteiger charge is 2.09. The van der Waals surface area contributed by atoms with Crippen molar-refractivity contribution in [2.24, 2.45) is 0 Å². The molecule has 0 aliphatic heterocycles. The lowest BCUT2D eigenvalue weighted by Gasteiger charge is -2.07. The molecule has 0 fully saturated rings. The van der Waals surface area contributed by atoms with E-state index in [4.69, 9.17) is 0 Å². The number of carbonyl (C=O) groups excluding carboxylic acids is 1. The maximum atomic E-state index is 13.7. The SMILES string of the molecule is CS(=O)c1ccc(NC(=O)CCc2cccc(F)c2)cc1F. The van der Waals surface area contributed by atoms with Gasteiger partial charge in [-0.25, -0.2) is 8.78 Å². The van der Waals surface area contributed by atoms with Crippen molar-refractivity contribution in [2.45, 2.75) is 17.7 Å². The molecule has 6 heteroatoms. The van der Waals surface area contributed by atoms with E-state index in [0.717, 1.165) is 11.6 Å². The lowest BCUT2D eigenvalue weighted by molar-refractivity contribution is -0.116. The molecule has 1 amide bonds. The highest BCUT2D eigenvalue weighted by molar-refractivity contribution is 7.84. The van der Waals surface area contributed by atoms with Crippen LogP contribution in [0.4, 0.5) is 14.5 Å². The van der Waals surface area contributed by atoms with Crippen LogP contribution in [0.3, 0.4) is 0 Å². The molecule has 1 atom stereocenters. The molecular weight excluding hydrogens is 308 g/mol. The summed E-state index contributed by atoms with van der Waals surface area (Å²) in [5.74, 6) is -1.26. The molecule has 0 aliphatic rings. The minimum absolute atomic E-state index is 0.0951. The van der Waals surface area contributed by atoms with E-state index in [-0.39, 0.29) is 23.0 Å². The van der Waals surface area contributed by atoms with Gasteiger partial charge >= 0.3 is 0 Å². The molecule has 0 saturated heterocycles. The first-order chi connectivity index (χ1) is 10.5. The largest absolute Gasteiger partial charge is 0.326 e. The molecular formula is C16H15F2NO2S. The molecule has 3 nitrogen and oxygen atoms in total. The van der Waals surface area contributed by atoms with E-state index in [0.29, 0.717) is 12.1 Å². The minimum atomic E-state index is -1.42. The smallest absolute Gasteiger partial charge is 0.224 e. The van der Waals surface area contributed by atoms with Crippen LogP contribution in [-0.4, -0.2) is 16.4 Å². The van der Waals surface area contributed by atoms with E-state index < -0.39 is 16.6 Å². The van der Waals surface area contributed by atoms with Gasteiger partial charge in [0.2, 0.25) is 5.91 Å².